The van der Waals surface area contributed by atoms with E-state index in [9.17, 15) is 4.79 Å². The molecule has 0 aliphatic rings. The number of hydrogen-bond acceptors (Lipinski definition) is 2. The lowest BCUT2D eigenvalue weighted by atomic mass is 10.4. The molecule has 0 rings (SSSR count). The summed E-state index contributed by atoms with van der Waals surface area (Å²) >= 11 is 0. The number of amides is 1. The Morgan fingerprint density at radius 2 is 2.18 bits per heavy atom. The van der Waals surface area contributed by atoms with Crippen molar-refractivity contribution < 1.29 is 4.79 Å². The van der Waals surface area contributed by atoms with E-state index in [0.717, 1.165) is 6.42 Å². The zero-order valence-corrected chi connectivity index (χ0v) is 6.63. The summed E-state index contributed by atoms with van der Waals surface area (Å²) in [7, 11) is 0. The first-order chi connectivity index (χ1) is 5.16. The van der Waals surface area contributed by atoms with Crippen LogP contribution in [0.3, 0.4) is 0 Å². The standard InChI is InChI=1S/C6H14N4O/c1-2-3-9-5(11)4-10-6(7)8/h2-4H2,1H3,(H,9,11)(H4,7,8,10). The fraction of sp³-hybridized carbons (Fsp3) is 0.667. The second kappa shape index (κ2) is 5.52. The Balaban J connectivity index is 3.45. The van der Waals surface area contributed by atoms with Crippen LogP contribution >= 0.6 is 0 Å². The van der Waals surface area contributed by atoms with E-state index in [0.29, 0.717) is 6.54 Å². The van der Waals surface area contributed by atoms with Gasteiger partial charge in [0.05, 0.1) is 0 Å². The smallest absolute Gasteiger partial charge is 0.241 e. The molecule has 0 fully saturated rings. The average Bonchev–Trinajstić information content (AvgIpc) is 1.97. The Kier molecular flexibility index (Phi) is 4.89. The highest BCUT2D eigenvalue weighted by atomic mass is 16.1. The SMILES string of the molecule is CCCNC(=O)CN=C(N)N. The molecule has 0 aliphatic heterocycles. The fourth-order valence-corrected chi connectivity index (χ4v) is 0.483. The van der Waals surface area contributed by atoms with Gasteiger partial charge in [-0.15, -0.1) is 0 Å². The molecule has 0 heterocycles. The molecular weight excluding hydrogens is 144 g/mol. The maximum absolute atomic E-state index is 10.8. The van der Waals surface area contributed by atoms with Gasteiger partial charge >= 0.3 is 0 Å². The van der Waals surface area contributed by atoms with Crippen molar-refractivity contribution in [3.05, 3.63) is 0 Å². The predicted octanol–water partition coefficient (Wildman–Crippen LogP) is -1.21. The summed E-state index contributed by atoms with van der Waals surface area (Å²) in [5.41, 5.74) is 10.0. The van der Waals surface area contributed by atoms with E-state index in [1.165, 1.54) is 0 Å². The summed E-state index contributed by atoms with van der Waals surface area (Å²) in [5.74, 6) is -0.211. The molecular formula is C6H14N4O. The van der Waals surface area contributed by atoms with E-state index in [2.05, 4.69) is 10.3 Å². The molecule has 0 radical (unpaired) electrons. The number of nitrogens with zero attached hydrogens (tertiary/aromatic N) is 1. The molecule has 0 aromatic rings. The molecule has 0 aromatic heterocycles. The molecule has 64 valence electrons. The third-order valence-corrected chi connectivity index (χ3v) is 0.977. The lowest BCUT2D eigenvalue weighted by Gasteiger charge is -1.99. The monoisotopic (exact) mass is 158 g/mol. The largest absolute Gasteiger partial charge is 0.370 e. The number of guanidine groups is 1. The normalized spacial score (nSPS) is 8.82. The molecule has 5 nitrogen and oxygen atoms in total. The van der Waals surface area contributed by atoms with Crippen LogP contribution in [0, 0.1) is 0 Å². The molecule has 0 unspecified atom stereocenters. The average molecular weight is 158 g/mol. The van der Waals surface area contributed by atoms with Gasteiger partial charge in [0.2, 0.25) is 5.91 Å². The van der Waals surface area contributed by atoms with Gasteiger partial charge in [0.25, 0.3) is 0 Å². The maximum atomic E-state index is 10.8. The van der Waals surface area contributed by atoms with Gasteiger partial charge in [-0.05, 0) is 6.42 Å². The van der Waals surface area contributed by atoms with Gasteiger partial charge in [-0.2, -0.15) is 0 Å². The van der Waals surface area contributed by atoms with Gasteiger partial charge in [0.15, 0.2) is 5.96 Å². The van der Waals surface area contributed by atoms with Gasteiger partial charge in [0.1, 0.15) is 6.54 Å². The summed E-state index contributed by atoms with van der Waals surface area (Å²) in [6.45, 7) is 2.65. The van der Waals surface area contributed by atoms with Crippen LogP contribution in [0.2, 0.25) is 0 Å². The third kappa shape index (κ3) is 6.63. The van der Waals surface area contributed by atoms with E-state index in [1.807, 2.05) is 6.92 Å². The number of aliphatic imine (C=N–C) groups is 1. The van der Waals surface area contributed by atoms with Crippen LogP contribution in [-0.4, -0.2) is 25.0 Å². The molecule has 0 aliphatic carbocycles. The first-order valence-electron chi connectivity index (χ1n) is 3.49. The van der Waals surface area contributed by atoms with E-state index < -0.39 is 0 Å². The first kappa shape index (κ1) is 9.74. The van der Waals surface area contributed by atoms with Crippen molar-refractivity contribution in [2.24, 2.45) is 16.5 Å². The number of carbonyl (C=O) groups is 1. The van der Waals surface area contributed by atoms with E-state index in [-0.39, 0.29) is 18.4 Å². The number of nitrogens with one attached hydrogen (secondary N) is 1. The van der Waals surface area contributed by atoms with E-state index >= 15 is 0 Å². The van der Waals surface area contributed by atoms with Crippen molar-refractivity contribution in [1.82, 2.24) is 5.32 Å². The Labute approximate surface area is 65.9 Å². The first-order valence-corrected chi connectivity index (χ1v) is 3.49. The van der Waals surface area contributed by atoms with Crippen LogP contribution in [0.25, 0.3) is 0 Å². The zero-order chi connectivity index (χ0) is 8.69. The lowest BCUT2D eigenvalue weighted by Crippen LogP contribution is -2.29. The van der Waals surface area contributed by atoms with Crippen LogP contribution in [0.4, 0.5) is 0 Å². The van der Waals surface area contributed by atoms with Crippen LogP contribution < -0.4 is 16.8 Å². The summed E-state index contributed by atoms with van der Waals surface area (Å²) in [5, 5.41) is 2.63. The Morgan fingerprint density at radius 3 is 2.64 bits per heavy atom. The second-order valence-corrected chi connectivity index (χ2v) is 2.09. The van der Waals surface area contributed by atoms with Gasteiger partial charge in [0, 0.05) is 6.54 Å². The Morgan fingerprint density at radius 1 is 1.55 bits per heavy atom. The highest BCUT2D eigenvalue weighted by molar-refractivity contribution is 5.82. The van der Waals surface area contributed by atoms with E-state index in [4.69, 9.17) is 11.5 Å². The van der Waals surface area contributed by atoms with Crippen LogP contribution in [0.5, 0.6) is 0 Å². The van der Waals surface area contributed by atoms with Crippen molar-refractivity contribution in [2.45, 2.75) is 13.3 Å². The third-order valence-electron chi connectivity index (χ3n) is 0.977. The van der Waals surface area contributed by atoms with E-state index in [1.54, 1.807) is 0 Å². The molecule has 0 saturated carbocycles. The van der Waals surface area contributed by atoms with Gasteiger partial charge in [-0.3, -0.25) is 4.79 Å². The minimum atomic E-state index is -0.153. The molecule has 1 amide bonds. The molecule has 5 heteroatoms. The molecule has 5 N–H and O–H groups in total. The molecule has 0 saturated heterocycles. The highest BCUT2D eigenvalue weighted by Crippen LogP contribution is 1.73. The number of rotatable bonds is 4. The Hall–Kier alpha value is -1.26. The van der Waals surface area contributed by atoms with Crippen molar-refractivity contribution in [2.75, 3.05) is 13.1 Å². The lowest BCUT2D eigenvalue weighted by molar-refractivity contribution is -0.119. The predicted molar refractivity (Wildman–Crippen MR) is 44.0 cm³/mol. The van der Waals surface area contributed by atoms with Crippen molar-refractivity contribution in [1.29, 1.82) is 0 Å². The summed E-state index contributed by atoms with van der Waals surface area (Å²) in [6, 6.07) is 0. The molecule has 0 bridgehead atoms. The molecule has 0 aromatic carbocycles. The van der Waals surface area contributed by atoms with Gasteiger partial charge < -0.3 is 16.8 Å². The maximum Gasteiger partial charge on any atom is 0.241 e. The summed E-state index contributed by atoms with van der Waals surface area (Å²) in [6.07, 6.45) is 0.910. The molecule has 11 heavy (non-hydrogen) atoms. The minimum absolute atomic E-state index is 0.0162. The van der Waals surface area contributed by atoms with Gasteiger partial charge in [-0.25, -0.2) is 4.99 Å². The molecule has 0 atom stereocenters. The van der Waals surface area contributed by atoms with Crippen LogP contribution in [0.1, 0.15) is 13.3 Å². The van der Waals surface area contributed by atoms with Crippen molar-refractivity contribution in [3.8, 4) is 0 Å². The van der Waals surface area contributed by atoms with Crippen LogP contribution in [0.15, 0.2) is 4.99 Å². The highest BCUT2D eigenvalue weighted by Gasteiger charge is 1.95. The quantitative estimate of drug-likeness (QED) is 0.354. The van der Waals surface area contributed by atoms with Crippen molar-refractivity contribution in [3.63, 3.8) is 0 Å². The number of carbonyl (C=O) groups excluding carboxylic acids is 1. The summed E-state index contributed by atoms with van der Waals surface area (Å²) in [4.78, 5) is 14.3. The zero-order valence-electron chi connectivity index (χ0n) is 6.63. The number of nitrogens with two attached hydrogens (primary N) is 2. The second-order valence-electron chi connectivity index (χ2n) is 2.09. The topological polar surface area (TPSA) is 93.5 Å². The van der Waals surface area contributed by atoms with Crippen LogP contribution in [-0.2, 0) is 4.79 Å². The minimum Gasteiger partial charge on any atom is -0.370 e. The Bertz CT molecular complexity index is 151. The number of hydrogen-bond donors (Lipinski definition) is 3. The fourth-order valence-electron chi connectivity index (χ4n) is 0.483. The van der Waals surface area contributed by atoms with Gasteiger partial charge in [-0.1, -0.05) is 6.92 Å². The van der Waals surface area contributed by atoms with Crippen molar-refractivity contribution >= 4 is 11.9 Å². The molecule has 0 spiro atoms. The summed E-state index contributed by atoms with van der Waals surface area (Å²) < 4.78 is 0.